The Labute approximate surface area is 141 Å². The maximum atomic E-state index is 13.9. The smallest absolute Gasteiger partial charge is 0.179 e. The van der Waals surface area contributed by atoms with Crippen LogP contribution in [0.2, 0.25) is 0 Å². The van der Waals surface area contributed by atoms with E-state index in [1.807, 2.05) is 0 Å². The van der Waals surface area contributed by atoms with E-state index in [2.05, 4.69) is 17.9 Å². The molecule has 0 aromatic heterocycles. The Morgan fingerprint density at radius 2 is 2.00 bits per heavy atom. The predicted molar refractivity (Wildman–Crippen MR) is 88.6 cm³/mol. The molecular formula is C19H21FN2O2. The van der Waals surface area contributed by atoms with Gasteiger partial charge >= 0.3 is 0 Å². The number of rotatable bonds is 2. The van der Waals surface area contributed by atoms with Crippen molar-refractivity contribution in [3.8, 4) is 6.07 Å². The van der Waals surface area contributed by atoms with Crippen LogP contribution in [0.4, 0.5) is 4.39 Å². The van der Waals surface area contributed by atoms with E-state index in [0.717, 1.165) is 18.4 Å². The second-order valence-electron chi connectivity index (χ2n) is 6.83. The number of nitrogens with zero attached hydrogens (tertiary/aromatic N) is 2. The van der Waals surface area contributed by atoms with E-state index in [0.29, 0.717) is 29.9 Å². The second-order valence-corrected chi connectivity index (χ2v) is 6.83. The molecule has 0 radical (unpaired) electrons. The number of nitriles is 1. The number of aryl methyl sites for hydroxylation is 1. The third-order valence-corrected chi connectivity index (χ3v) is 5.25. The highest BCUT2D eigenvalue weighted by Crippen LogP contribution is 2.37. The Balaban J connectivity index is 2.06. The maximum Gasteiger partial charge on any atom is 0.179 e. The maximum absolute atomic E-state index is 13.9. The molecular weight excluding hydrogens is 307 g/mol. The van der Waals surface area contributed by atoms with Crippen LogP contribution in [0, 0.1) is 24.1 Å². The molecule has 24 heavy (non-hydrogen) atoms. The number of piperidine rings is 1. The highest BCUT2D eigenvalue weighted by Gasteiger charge is 2.35. The Bertz CT molecular complexity index is 768. The lowest BCUT2D eigenvalue weighted by atomic mass is 9.85. The molecule has 0 bridgehead atoms. The van der Waals surface area contributed by atoms with Gasteiger partial charge in [0, 0.05) is 32.2 Å². The first-order valence-electron chi connectivity index (χ1n) is 8.15. The third-order valence-electron chi connectivity index (χ3n) is 5.25. The summed E-state index contributed by atoms with van der Waals surface area (Å²) in [5.74, 6) is -0.546. The molecule has 1 fully saturated rings. The van der Waals surface area contributed by atoms with Gasteiger partial charge in [0.15, 0.2) is 5.78 Å². The molecule has 1 saturated heterocycles. The van der Waals surface area contributed by atoms with Crippen molar-refractivity contribution in [2.75, 3.05) is 20.2 Å². The van der Waals surface area contributed by atoms with Gasteiger partial charge in [0.05, 0.1) is 11.3 Å². The number of likely N-dealkylation sites (tertiary alicyclic amines) is 1. The molecule has 4 nitrogen and oxygen atoms in total. The van der Waals surface area contributed by atoms with E-state index in [4.69, 9.17) is 4.74 Å². The number of methoxy groups -OCH3 is 1. The van der Waals surface area contributed by atoms with Crippen molar-refractivity contribution < 1.29 is 13.9 Å². The summed E-state index contributed by atoms with van der Waals surface area (Å²) in [6, 6.07) is 5.26. The summed E-state index contributed by atoms with van der Waals surface area (Å²) in [5.41, 5.74) is 2.67. The highest BCUT2D eigenvalue weighted by atomic mass is 19.1. The minimum Gasteiger partial charge on any atom is -0.378 e. The monoisotopic (exact) mass is 328 g/mol. The Morgan fingerprint density at radius 1 is 1.33 bits per heavy atom. The lowest BCUT2D eigenvalue weighted by molar-refractivity contribution is -0.114. The summed E-state index contributed by atoms with van der Waals surface area (Å²) in [6.07, 6.45) is 1.72. The molecule has 1 aromatic rings. The number of hydrogen-bond acceptors (Lipinski definition) is 4. The highest BCUT2D eigenvalue weighted by molar-refractivity contribution is 6.09. The molecule has 0 spiro atoms. The van der Waals surface area contributed by atoms with Crippen LogP contribution < -0.4 is 0 Å². The number of benzene rings is 1. The van der Waals surface area contributed by atoms with E-state index in [-0.39, 0.29) is 29.2 Å². The molecule has 1 aliphatic heterocycles. The van der Waals surface area contributed by atoms with Crippen LogP contribution >= 0.6 is 0 Å². The zero-order valence-corrected chi connectivity index (χ0v) is 14.3. The van der Waals surface area contributed by atoms with E-state index in [1.54, 1.807) is 20.1 Å². The van der Waals surface area contributed by atoms with Gasteiger partial charge in [-0.25, -0.2) is 4.39 Å². The molecule has 0 atom stereocenters. The number of fused-ring (bicyclic) bond motifs is 1. The Morgan fingerprint density at radius 3 is 2.58 bits per heavy atom. The van der Waals surface area contributed by atoms with E-state index < -0.39 is 0 Å². The average molecular weight is 328 g/mol. The number of hydrogen-bond donors (Lipinski definition) is 0. The van der Waals surface area contributed by atoms with Gasteiger partial charge in [0.25, 0.3) is 0 Å². The van der Waals surface area contributed by atoms with Crippen LogP contribution in [0.3, 0.4) is 0 Å². The summed E-state index contributed by atoms with van der Waals surface area (Å²) >= 11 is 0. The van der Waals surface area contributed by atoms with Gasteiger partial charge in [0.2, 0.25) is 0 Å². The van der Waals surface area contributed by atoms with Gasteiger partial charge in [-0.2, -0.15) is 5.26 Å². The first-order valence-corrected chi connectivity index (χ1v) is 8.15. The normalized spacial score (nSPS) is 20.0. The van der Waals surface area contributed by atoms with Crippen molar-refractivity contribution in [2.45, 2.75) is 38.7 Å². The number of Topliss-reactive ketones (excluding diaryl/α,β-unsaturated/α-hetero) is 1. The van der Waals surface area contributed by atoms with Crippen LogP contribution in [-0.2, 0) is 16.0 Å². The van der Waals surface area contributed by atoms with Gasteiger partial charge in [-0.1, -0.05) is 0 Å². The Hall–Kier alpha value is -2.19. The molecule has 3 rings (SSSR count). The molecule has 5 heteroatoms. The largest absolute Gasteiger partial charge is 0.378 e. The molecule has 0 unspecified atom stereocenters. The van der Waals surface area contributed by atoms with Gasteiger partial charge in [-0.05, 0) is 49.9 Å². The van der Waals surface area contributed by atoms with Crippen molar-refractivity contribution in [3.05, 3.63) is 40.2 Å². The number of carbonyl (C=O) groups excluding carboxylic acids is 1. The SMILES string of the molecule is COC1(C)CCN(C2=C(C#N)C(=O)Cc3cc(F)c(C)cc32)CC1. The van der Waals surface area contributed by atoms with Crippen LogP contribution in [0.5, 0.6) is 0 Å². The summed E-state index contributed by atoms with van der Waals surface area (Å²) in [7, 11) is 1.71. The average Bonchev–Trinajstić information content (AvgIpc) is 2.56. The van der Waals surface area contributed by atoms with Gasteiger partial charge in [-0.3, -0.25) is 4.79 Å². The molecule has 0 amide bonds. The van der Waals surface area contributed by atoms with E-state index >= 15 is 0 Å². The van der Waals surface area contributed by atoms with Gasteiger partial charge in [0.1, 0.15) is 17.5 Å². The predicted octanol–water partition coefficient (Wildman–Crippen LogP) is 2.99. The molecule has 1 aromatic carbocycles. The topological polar surface area (TPSA) is 53.3 Å². The zero-order chi connectivity index (χ0) is 17.5. The number of carbonyl (C=O) groups is 1. The number of halogens is 1. The number of ether oxygens (including phenoxy) is 1. The number of allylic oxidation sites excluding steroid dienone is 1. The van der Waals surface area contributed by atoms with Crippen LogP contribution in [0.15, 0.2) is 17.7 Å². The minimum atomic E-state index is -0.313. The second kappa shape index (κ2) is 6.03. The summed E-state index contributed by atoms with van der Waals surface area (Å²) in [4.78, 5) is 14.4. The van der Waals surface area contributed by atoms with Crippen molar-refractivity contribution in [1.29, 1.82) is 5.26 Å². The van der Waals surface area contributed by atoms with Gasteiger partial charge < -0.3 is 9.64 Å². The summed E-state index contributed by atoms with van der Waals surface area (Å²) < 4.78 is 19.5. The zero-order valence-electron chi connectivity index (χ0n) is 14.3. The summed E-state index contributed by atoms with van der Waals surface area (Å²) in [5, 5.41) is 9.51. The lowest BCUT2D eigenvalue weighted by Gasteiger charge is -2.41. The van der Waals surface area contributed by atoms with E-state index in [9.17, 15) is 14.4 Å². The van der Waals surface area contributed by atoms with Gasteiger partial charge in [-0.15, -0.1) is 0 Å². The lowest BCUT2D eigenvalue weighted by Crippen LogP contribution is -2.43. The molecule has 1 aliphatic carbocycles. The van der Waals surface area contributed by atoms with Crippen molar-refractivity contribution >= 4 is 11.5 Å². The molecule has 1 heterocycles. The first kappa shape index (κ1) is 16.7. The van der Waals surface area contributed by atoms with Crippen molar-refractivity contribution in [1.82, 2.24) is 4.90 Å². The fourth-order valence-corrected chi connectivity index (χ4v) is 3.47. The molecule has 0 N–H and O–H groups in total. The van der Waals surface area contributed by atoms with Crippen molar-refractivity contribution in [3.63, 3.8) is 0 Å². The van der Waals surface area contributed by atoms with Crippen LogP contribution in [0.1, 0.15) is 36.5 Å². The Kier molecular flexibility index (Phi) is 4.18. The molecule has 0 saturated carbocycles. The standard InChI is InChI=1S/C19H21FN2O2/c1-12-8-14-13(9-16(12)20)10-17(23)15(11-21)18(14)22-6-4-19(2,24-3)5-7-22/h8-9H,4-7,10H2,1-3H3. The fraction of sp³-hybridized carbons (Fsp3) is 0.474. The third kappa shape index (κ3) is 2.71. The van der Waals surface area contributed by atoms with Crippen LogP contribution in [0.25, 0.3) is 5.70 Å². The van der Waals surface area contributed by atoms with E-state index in [1.165, 1.54) is 6.07 Å². The molecule has 126 valence electrons. The minimum absolute atomic E-state index is 0.0859. The van der Waals surface area contributed by atoms with Crippen LogP contribution in [-0.4, -0.2) is 36.5 Å². The molecule has 2 aliphatic rings. The van der Waals surface area contributed by atoms with Crippen molar-refractivity contribution in [2.24, 2.45) is 0 Å². The number of ketones is 1. The quantitative estimate of drug-likeness (QED) is 0.837. The fourth-order valence-electron chi connectivity index (χ4n) is 3.47. The summed E-state index contributed by atoms with van der Waals surface area (Å²) in [6.45, 7) is 5.18. The first-order chi connectivity index (χ1) is 11.4.